The molecule has 14 heteroatoms. The van der Waals surface area contributed by atoms with Crippen LogP contribution in [0.2, 0.25) is 10.0 Å². The van der Waals surface area contributed by atoms with Crippen molar-refractivity contribution in [3.63, 3.8) is 0 Å². The first-order valence-electron chi connectivity index (χ1n) is 11.3. The number of hydrogen-bond donors (Lipinski definition) is 3. The third-order valence-corrected chi connectivity index (χ3v) is 6.28. The lowest BCUT2D eigenvalue weighted by molar-refractivity contribution is -0.138. The van der Waals surface area contributed by atoms with Crippen molar-refractivity contribution in [1.82, 2.24) is 25.3 Å². The number of pyridine rings is 2. The standard InChI is InChI=1S/C24H19Cl2F3N6O3/c25-16-9-30-10-17(26)19(16)33-23-32-18-7-14(22(34-20(18)35-23)38-13-5-6-37-11-13)21(36)31-8-12-3-1-2-4-15(12)24(27,28)29/h1-4,7,9-10,13H,5-6,8,11H2,(H,31,36)(H2,30,32,33,34,35). The Hall–Kier alpha value is -3.61. The number of carbonyl (C=O) groups is 1. The molecule has 198 valence electrons. The molecule has 1 saturated heterocycles. The van der Waals surface area contributed by atoms with Crippen LogP contribution in [-0.4, -0.2) is 45.2 Å². The summed E-state index contributed by atoms with van der Waals surface area (Å²) in [6, 6.07) is 6.49. The van der Waals surface area contributed by atoms with E-state index in [0.717, 1.165) is 6.07 Å². The van der Waals surface area contributed by atoms with Gasteiger partial charge in [0.25, 0.3) is 5.91 Å². The van der Waals surface area contributed by atoms with Gasteiger partial charge >= 0.3 is 6.18 Å². The van der Waals surface area contributed by atoms with Crippen molar-refractivity contribution in [3.8, 4) is 5.88 Å². The highest BCUT2D eigenvalue weighted by atomic mass is 35.5. The van der Waals surface area contributed by atoms with Crippen LogP contribution in [-0.2, 0) is 17.5 Å². The van der Waals surface area contributed by atoms with Crippen LogP contribution in [0.4, 0.5) is 24.8 Å². The number of nitrogens with zero attached hydrogens (tertiary/aromatic N) is 3. The number of nitrogens with one attached hydrogen (secondary N) is 3. The lowest BCUT2D eigenvalue weighted by Crippen LogP contribution is -2.26. The fraction of sp³-hybridized carbons (Fsp3) is 0.250. The molecule has 1 amide bonds. The number of amides is 1. The number of anilines is 2. The fourth-order valence-corrected chi connectivity index (χ4v) is 4.33. The van der Waals surface area contributed by atoms with E-state index in [2.05, 4.69) is 30.6 Å². The number of aromatic nitrogens is 4. The highest BCUT2D eigenvalue weighted by Crippen LogP contribution is 2.33. The van der Waals surface area contributed by atoms with Gasteiger partial charge in [-0.2, -0.15) is 23.1 Å². The van der Waals surface area contributed by atoms with Crippen LogP contribution >= 0.6 is 23.2 Å². The van der Waals surface area contributed by atoms with Crippen LogP contribution in [0, 0.1) is 0 Å². The first-order valence-corrected chi connectivity index (χ1v) is 12.1. The number of hydrogen-bond acceptors (Lipinski definition) is 7. The molecule has 4 aromatic rings. The van der Waals surface area contributed by atoms with Crippen molar-refractivity contribution in [2.45, 2.75) is 25.2 Å². The summed E-state index contributed by atoms with van der Waals surface area (Å²) in [6.07, 6.45) is -1.49. The molecule has 38 heavy (non-hydrogen) atoms. The van der Waals surface area contributed by atoms with Gasteiger partial charge < -0.3 is 25.1 Å². The molecule has 0 bridgehead atoms. The Morgan fingerprint density at radius 1 is 1.18 bits per heavy atom. The Morgan fingerprint density at radius 2 is 1.95 bits per heavy atom. The predicted molar refractivity (Wildman–Crippen MR) is 134 cm³/mol. The third-order valence-electron chi connectivity index (χ3n) is 5.71. The van der Waals surface area contributed by atoms with Gasteiger partial charge in [-0.05, 0) is 17.7 Å². The molecule has 1 unspecified atom stereocenters. The first-order chi connectivity index (χ1) is 18.2. The smallest absolute Gasteiger partial charge is 0.416 e. The monoisotopic (exact) mass is 566 g/mol. The van der Waals surface area contributed by atoms with Gasteiger partial charge in [-0.1, -0.05) is 41.4 Å². The summed E-state index contributed by atoms with van der Waals surface area (Å²) in [7, 11) is 0. The largest absolute Gasteiger partial charge is 0.471 e. The quantitative estimate of drug-likeness (QED) is 0.270. The molecule has 0 aliphatic carbocycles. The number of H-pyrrole nitrogens is 1. The summed E-state index contributed by atoms with van der Waals surface area (Å²) in [5.74, 6) is -0.462. The van der Waals surface area contributed by atoms with Gasteiger partial charge in [0, 0.05) is 25.4 Å². The molecule has 1 fully saturated rings. The molecule has 1 aliphatic heterocycles. The van der Waals surface area contributed by atoms with Gasteiger partial charge in [0.2, 0.25) is 11.8 Å². The zero-order valence-electron chi connectivity index (χ0n) is 19.4. The van der Waals surface area contributed by atoms with Crippen molar-refractivity contribution >= 4 is 51.9 Å². The normalized spacial score (nSPS) is 15.6. The van der Waals surface area contributed by atoms with E-state index in [1.807, 2.05) is 0 Å². The lowest BCUT2D eigenvalue weighted by atomic mass is 10.1. The van der Waals surface area contributed by atoms with Crippen LogP contribution in [0.15, 0.2) is 42.7 Å². The summed E-state index contributed by atoms with van der Waals surface area (Å²) < 4.78 is 51.4. The van der Waals surface area contributed by atoms with Crippen LogP contribution in [0.25, 0.3) is 11.2 Å². The molecule has 3 N–H and O–H groups in total. The SMILES string of the molecule is O=C(NCc1ccccc1C(F)(F)F)c1cc2[nH]c(Nc3c(Cl)cncc3Cl)nc2nc1OC1CCOC1. The van der Waals surface area contributed by atoms with Crippen molar-refractivity contribution in [3.05, 3.63) is 69.5 Å². The van der Waals surface area contributed by atoms with Gasteiger partial charge in [0.15, 0.2) is 5.65 Å². The van der Waals surface area contributed by atoms with Gasteiger partial charge in [0.05, 0.1) is 40.0 Å². The summed E-state index contributed by atoms with van der Waals surface area (Å²) in [5.41, 5.74) is 0.0676. The molecule has 1 atom stereocenters. The lowest BCUT2D eigenvalue weighted by Gasteiger charge is -2.16. The Kier molecular flexibility index (Phi) is 7.28. The maximum atomic E-state index is 13.4. The van der Waals surface area contributed by atoms with Crippen LogP contribution in [0.3, 0.4) is 0 Å². The number of fused-ring (bicyclic) bond motifs is 1. The summed E-state index contributed by atoms with van der Waals surface area (Å²) >= 11 is 12.3. The van der Waals surface area contributed by atoms with E-state index in [4.69, 9.17) is 32.7 Å². The third kappa shape index (κ3) is 5.62. The molecule has 9 nitrogen and oxygen atoms in total. The van der Waals surface area contributed by atoms with E-state index >= 15 is 0 Å². The molecule has 0 spiro atoms. The molecule has 0 saturated carbocycles. The number of rotatable bonds is 7. The van der Waals surface area contributed by atoms with Crippen molar-refractivity contribution in [1.29, 1.82) is 0 Å². The minimum absolute atomic E-state index is 0.0177. The number of halogens is 5. The Labute approximate surface area is 223 Å². The van der Waals surface area contributed by atoms with Crippen molar-refractivity contribution in [2.75, 3.05) is 18.5 Å². The number of benzene rings is 1. The second-order valence-corrected chi connectivity index (χ2v) is 9.16. The number of alkyl halides is 3. The van der Waals surface area contributed by atoms with Crippen LogP contribution in [0.1, 0.15) is 27.9 Å². The van der Waals surface area contributed by atoms with E-state index in [1.165, 1.54) is 36.7 Å². The maximum absolute atomic E-state index is 13.4. The zero-order chi connectivity index (χ0) is 26.9. The molecule has 1 aliphatic rings. The van der Waals surface area contributed by atoms with Crippen LogP contribution < -0.4 is 15.4 Å². The van der Waals surface area contributed by atoms with Gasteiger partial charge in [-0.25, -0.2) is 0 Å². The number of aromatic amines is 1. The Morgan fingerprint density at radius 3 is 2.66 bits per heavy atom. The van der Waals surface area contributed by atoms with E-state index < -0.39 is 17.6 Å². The van der Waals surface area contributed by atoms with E-state index in [1.54, 1.807) is 0 Å². The molecule has 3 aromatic heterocycles. The van der Waals surface area contributed by atoms with Gasteiger partial charge in [-0.3, -0.25) is 9.78 Å². The highest BCUT2D eigenvalue weighted by Gasteiger charge is 2.33. The molecular formula is C24H19Cl2F3N6O3. The topological polar surface area (TPSA) is 114 Å². The molecule has 4 heterocycles. The van der Waals surface area contributed by atoms with Gasteiger partial charge in [0.1, 0.15) is 11.7 Å². The van der Waals surface area contributed by atoms with E-state index in [9.17, 15) is 18.0 Å². The predicted octanol–water partition coefficient (Wildman–Crippen LogP) is 5.52. The van der Waals surface area contributed by atoms with Crippen molar-refractivity contribution < 1.29 is 27.4 Å². The molecule has 0 radical (unpaired) electrons. The van der Waals surface area contributed by atoms with Crippen molar-refractivity contribution in [2.24, 2.45) is 0 Å². The second kappa shape index (κ2) is 10.6. The minimum Gasteiger partial charge on any atom is -0.471 e. The minimum atomic E-state index is -4.56. The van der Waals surface area contributed by atoms with Gasteiger partial charge in [-0.15, -0.1) is 0 Å². The summed E-state index contributed by atoms with van der Waals surface area (Å²) in [6.45, 7) is 0.450. The Balaban J connectivity index is 1.45. The Bertz CT molecular complexity index is 1470. The summed E-state index contributed by atoms with van der Waals surface area (Å²) in [5, 5.41) is 6.02. The number of ether oxygens (including phenoxy) is 2. The maximum Gasteiger partial charge on any atom is 0.416 e. The molecule has 1 aromatic carbocycles. The van der Waals surface area contributed by atoms with E-state index in [-0.39, 0.29) is 51.3 Å². The van der Waals surface area contributed by atoms with Crippen LogP contribution in [0.5, 0.6) is 5.88 Å². The molecule has 5 rings (SSSR count). The highest BCUT2D eigenvalue weighted by molar-refractivity contribution is 6.39. The average Bonchev–Trinajstić information content (AvgIpc) is 3.53. The summed E-state index contributed by atoms with van der Waals surface area (Å²) in [4.78, 5) is 28.8. The zero-order valence-corrected chi connectivity index (χ0v) is 20.9. The number of imidazole rings is 1. The fourth-order valence-electron chi connectivity index (χ4n) is 3.87. The first kappa shape index (κ1) is 26.0. The molecular weight excluding hydrogens is 548 g/mol. The number of carbonyl (C=O) groups excluding carboxylic acids is 1. The second-order valence-electron chi connectivity index (χ2n) is 8.34. The van der Waals surface area contributed by atoms with E-state index in [0.29, 0.717) is 30.8 Å². The average molecular weight is 567 g/mol.